The fourth-order valence-corrected chi connectivity index (χ4v) is 7.09. The first-order valence-electron chi connectivity index (χ1n) is 14.6. The number of piperidine rings is 1. The summed E-state index contributed by atoms with van der Waals surface area (Å²) in [7, 11) is -3.76. The topological polar surface area (TPSA) is 109 Å². The maximum atomic E-state index is 13.8. The molecule has 2 heterocycles. The lowest BCUT2D eigenvalue weighted by atomic mass is 10.1. The minimum Gasteiger partial charge on any atom is -0.379 e. The Morgan fingerprint density at radius 2 is 1.63 bits per heavy atom. The van der Waals surface area contributed by atoms with E-state index in [-0.39, 0.29) is 15.5 Å². The molecule has 0 amide bonds. The third kappa shape index (κ3) is 7.84. The molecule has 0 aliphatic carbocycles. The molecule has 2 fully saturated rings. The van der Waals surface area contributed by atoms with Crippen LogP contribution in [0.1, 0.15) is 52.5 Å². The predicted octanol–water partition coefficient (Wildman–Crippen LogP) is 5.48. The quantitative estimate of drug-likeness (QED) is 0.195. The van der Waals surface area contributed by atoms with Crippen LogP contribution >= 0.6 is 0 Å². The summed E-state index contributed by atoms with van der Waals surface area (Å²) in [5.74, 6) is 0.705. The first-order valence-corrected chi connectivity index (χ1v) is 16.0. The number of anilines is 2. The van der Waals surface area contributed by atoms with E-state index in [0.29, 0.717) is 60.8 Å². The van der Waals surface area contributed by atoms with Gasteiger partial charge in [0.2, 0.25) is 10.0 Å². The molecule has 4 rings (SSSR count). The van der Waals surface area contributed by atoms with Crippen LogP contribution < -0.4 is 9.80 Å². The fourth-order valence-electron chi connectivity index (χ4n) is 5.45. The minimum atomic E-state index is -3.76. The number of rotatable bonds is 11. The molecule has 0 unspecified atom stereocenters. The van der Waals surface area contributed by atoms with Crippen molar-refractivity contribution < 1.29 is 18.1 Å². The second-order valence-electron chi connectivity index (χ2n) is 11.7. The Labute approximate surface area is 244 Å². The zero-order valence-electron chi connectivity index (χ0n) is 24.7. The molecule has 224 valence electrons. The number of hydrogen-bond acceptors (Lipinski definition) is 8. The third-order valence-electron chi connectivity index (χ3n) is 7.30. The van der Waals surface area contributed by atoms with Crippen molar-refractivity contribution in [3.63, 3.8) is 0 Å². The van der Waals surface area contributed by atoms with E-state index in [0.717, 1.165) is 45.4 Å². The number of nitro benzene ring substituents is 1. The Kier molecular flexibility index (Phi) is 10.4. The number of morpholine rings is 1. The summed E-state index contributed by atoms with van der Waals surface area (Å²) >= 11 is 0. The highest BCUT2D eigenvalue weighted by molar-refractivity contribution is 7.89. The van der Waals surface area contributed by atoms with Gasteiger partial charge in [0.1, 0.15) is 10.6 Å². The zero-order chi connectivity index (χ0) is 29.6. The molecule has 0 aromatic heterocycles. The van der Waals surface area contributed by atoms with Gasteiger partial charge in [-0.3, -0.25) is 15.1 Å². The van der Waals surface area contributed by atoms with E-state index >= 15 is 0 Å². The second-order valence-corrected chi connectivity index (χ2v) is 13.6. The van der Waals surface area contributed by atoms with Gasteiger partial charge in [-0.1, -0.05) is 33.8 Å². The van der Waals surface area contributed by atoms with Crippen molar-refractivity contribution in [2.24, 2.45) is 16.8 Å². The lowest BCUT2D eigenvalue weighted by Crippen LogP contribution is -2.41. The van der Waals surface area contributed by atoms with Crippen LogP contribution in [0, 0.1) is 22.0 Å². The number of hydrogen-bond donors (Lipinski definition) is 0. The van der Waals surface area contributed by atoms with Gasteiger partial charge in [-0.25, -0.2) is 8.42 Å². The zero-order valence-corrected chi connectivity index (χ0v) is 25.5. The predicted molar refractivity (Wildman–Crippen MR) is 164 cm³/mol. The molecule has 2 aromatic rings. The molecule has 0 radical (unpaired) electrons. The Morgan fingerprint density at radius 1 is 0.976 bits per heavy atom. The van der Waals surface area contributed by atoms with Crippen molar-refractivity contribution in [1.29, 1.82) is 0 Å². The van der Waals surface area contributed by atoms with Crippen LogP contribution in [0.25, 0.3) is 0 Å². The molecule has 0 saturated carbocycles. The van der Waals surface area contributed by atoms with E-state index in [4.69, 9.17) is 4.74 Å². The summed E-state index contributed by atoms with van der Waals surface area (Å²) in [6.45, 7) is 12.8. The largest absolute Gasteiger partial charge is 0.379 e. The van der Waals surface area contributed by atoms with Crippen molar-refractivity contribution in [3.05, 3.63) is 52.1 Å². The number of aliphatic imine (C=N–C) groups is 1. The average Bonchev–Trinajstić information content (AvgIpc) is 2.96. The highest BCUT2D eigenvalue weighted by Crippen LogP contribution is 2.34. The smallest absolute Gasteiger partial charge is 0.293 e. The molecule has 2 aromatic carbocycles. The molecule has 2 aliphatic heterocycles. The molecule has 2 aliphatic rings. The van der Waals surface area contributed by atoms with Crippen LogP contribution in [0.5, 0.6) is 0 Å². The lowest BCUT2D eigenvalue weighted by Gasteiger charge is -2.32. The van der Waals surface area contributed by atoms with Crippen molar-refractivity contribution in [3.8, 4) is 0 Å². The van der Waals surface area contributed by atoms with E-state index in [1.807, 2.05) is 18.2 Å². The van der Waals surface area contributed by atoms with Crippen LogP contribution in [0.4, 0.5) is 22.7 Å². The number of nitro groups is 1. The molecule has 41 heavy (non-hydrogen) atoms. The Bertz CT molecular complexity index is 1320. The van der Waals surface area contributed by atoms with Gasteiger partial charge in [0.05, 0.1) is 29.5 Å². The lowest BCUT2D eigenvalue weighted by molar-refractivity contribution is -0.384. The first kappa shape index (κ1) is 30.9. The van der Waals surface area contributed by atoms with Gasteiger partial charge < -0.3 is 14.5 Å². The highest BCUT2D eigenvalue weighted by Gasteiger charge is 2.31. The molecule has 2 saturated heterocycles. The van der Waals surface area contributed by atoms with Crippen molar-refractivity contribution in [1.82, 2.24) is 4.31 Å². The van der Waals surface area contributed by atoms with Gasteiger partial charge in [-0.15, -0.1) is 0 Å². The van der Waals surface area contributed by atoms with Gasteiger partial charge in [0.25, 0.3) is 5.69 Å². The molecule has 0 N–H and O–H groups in total. The highest BCUT2D eigenvalue weighted by atomic mass is 32.2. The molecular weight excluding hydrogens is 542 g/mol. The summed E-state index contributed by atoms with van der Waals surface area (Å²) in [6.07, 6.45) is 4.75. The van der Waals surface area contributed by atoms with E-state index < -0.39 is 10.0 Å². The van der Waals surface area contributed by atoms with Crippen LogP contribution in [0.15, 0.2) is 46.3 Å². The van der Waals surface area contributed by atoms with Crippen LogP contribution in [0.3, 0.4) is 0 Å². The van der Waals surface area contributed by atoms with Gasteiger partial charge in [-0.05, 0) is 60.9 Å². The number of sulfonamides is 1. The van der Waals surface area contributed by atoms with Gasteiger partial charge >= 0.3 is 0 Å². The van der Waals surface area contributed by atoms with Gasteiger partial charge in [-0.2, -0.15) is 4.31 Å². The third-order valence-corrected chi connectivity index (χ3v) is 9.23. The number of benzene rings is 2. The first-order chi connectivity index (χ1) is 19.6. The second kappa shape index (κ2) is 13.8. The Hall–Kier alpha value is -3.02. The summed E-state index contributed by atoms with van der Waals surface area (Å²) in [4.78, 5) is 20.8. The van der Waals surface area contributed by atoms with E-state index in [9.17, 15) is 18.5 Å². The number of nitrogens with zero attached hydrogens (tertiary/aromatic N) is 5. The van der Waals surface area contributed by atoms with Crippen molar-refractivity contribution >= 4 is 39.0 Å². The summed E-state index contributed by atoms with van der Waals surface area (Å²) in [5, 5.41) is 12.1. The van der Waals surface area contributed by atoms with E-state index in [1.54, 1.807) is 24.4 Å². The molecular formula is C30H43N5O5S. The SMILES string of the molecule is CC(C)CN(CC(C)C)c1ccc(C=Nc2ccc(N3CCCCC3)c(S(=O)(=O)N3CCOCC3)c2)cc1[N+](=O)[O-]. The Balaban J connectivity index is 1.67. The van der Waals surface area contributed by atoms with E-state index in [2.05, 4.69) is 42.5 Å². The number of ether oxygens (including phenoxy) is 1. The van der Waals surface area contributed by atoms with Gasteiger partial charge in [0.15, 0.2) is 0 Å². The summed E-state index contributed by atoms with van der Waals surface area (Å²) in [6, 6.07) is 10.4. The van der Waals surface area contributed by atoms with Crippen LogP contribution in [-0.2, 0) is 14.8 Å². The average molecular weight is 586 g/mol. The fraction of sp³-hybridized carbons (Fsp3) is 0.567. The maximum absolute atomic E-state index is 13.8. The van der Waals surface area contributed by atoms with Crippen LogP contribution in [-0.4, -0.2) is 76.3 Å². The molecule has 10 nitrogen and oxygen atoms in total. The van der Waals surface area contributed by atoms with Gasteiger partial charge in [0, 0.05) is 51.5 Å². The Morgan fingerprint density at radius 3 is 2.24 bits per heavy atom. The van der Waals surface area contributed by atoms with E-state index in [1.165, 1.54) is 4.31 Å². The molecule has 0 bridgehead atoms. The standard InChI is InChI=1S/C30H43N5O5S/c1-23(2)21-33(22-24(3)4)27-10-8-25(18-29(27)35(36)37)20-31-26-9-11-28(32-12-6-5-7-13-32)30(19-26)41(38,39)34-14-16-40-17-15-34/h8-11,18-20,23-24H,5-7,12-17,21-22H2,1-4H3. The maximum Gasteiger partial charge on any atom is 0.293 e. The summed E-state index contributed by atoms with van der Waals surface area (Å²) in [5.41, 5.74) is 2.38. The minimum absolute atomic E-state index is 0.0336. The molecule has 11 heteroatoms. The molecule has 0 atom stereocenters. The monoisotopic (exact) mass is 585 g/mol. The van der Waals surface area contributed by atoms with Crippen molar-refractivity contribution in [2.75, 3.05) is 62.3 Å². The molecule has 0 spiro atoms. The van der Waals surface area contributed by atoms with Crippen molar-refractivity contribution in [2.45, 2.75) is 51.9 Å². The normalized spacial score (nSPS) is 17.1. The summed E-state index contributed by atoms with van der Waals surface area (Å²) < 4.78 is 34.4. The van der Waals surface area contributed by atoms with Crippen LogP contribution in [0.2, 0.25) is 0 Å².